The summed E-state index contributed by atoms with van der Waals surface area (Å²) in [6.07, 6.45) is 1.24. The summed E-state index contributed by atoms with van der Waals surface area (Å²) in [5.74, 6) is -1.21. The third-order valence-electron chi connectivity index (χ3n) is 2.45. The number of hydrogen-bond donors (Lipinski definition) is 1. The monoisotopic (exact) mass is 297 g/mol. The molecule has 0 saturated carbocycles. The highest BCUT2D eigenvalue weighted by molar-refractivity contribution is 6.32. The molecule has 0 aliphatic heterocycles. The second-order valence-corrected chi connectivity index (χ2v) is 4.15. The standard InChI is InChI=1S/C12H8ClNO6/c13-9-5-8(14(17)18)1-2-10(9)20-6-7-3-4-19-11(7)12(15)16/h1-5H,6H2,(H,15,16). The van der Waals surface area contributed by atoms with Crippen molar-refractivity contribution in [3.63, 3.8) is 0 Å². The number of aromatic carboxylic acids is 1. The number of carboxylic acid groups (broad SMARTS) is 1. The second-order valence-electron chi connectivity index (χ2n) is 3.74. The van der Waals surface area contributed by atoms with E-state index in [0.29, 0.717) is 5.56 Å². The first kappa shape index (κ1) is 13.9. The zero-order chi connectivity index (χ0) is 14.7. The van der Waals surface area contributed by atoms with Crippen LogP contribution in [0.5, 0.6) is 5.75 Å². The predicted molar refractivity (Wildman–Crippen MR) is 68.1 cm³/mol. The van der Waals surface area contributed by atoms with Crippen molar-refractivity contribution in [1.29, 1.82) is 0 Å². The van der Waals surface area contributed by atoms with Crippen LogP contribution in [0.1, 0.15) is 16.1 Å². The molecule has 2 rings (SSSR count). The molecule has 1 aromatic heterocycles. The minimum absolute atomic E-state index is 0.0690. The van der Waals surface area contributed by atoms with Crippen LogP contribution in [0.25, 0.3) is 0 Å². The predicted octanol–water partition coefficient (Wildman–Crippen LogP) is 3.12. The summed E-state index contributed by atoms with van der Waals surface area (Å²) in [4.78, 5) is 20.8. The fourth-order valence-electron chi connectivity index (χ4n) is 1.51. The summed E-state index contributed by atoms with van der Waals surface area (Å²) in [6, 6.07) is 5.21. The lowest BCUT2D eigenvalue weighted by atomic mass is 10.2. The molecule has 0 unspecified atom stereocenters. The van der Waals surface area contributed by atoms with Crippen LogP contribution in [-0.4, -0.2) is 16.0 Å². The smallest absolute Gasteiger partial charge is 0.372 e. The lowest BCUT2D eigenvalue weighted by Gasteiger charge is -2.07. The molecule has 0 aliphatic rings. The highest BCUT2D eigenvalue weighted by Gasteiger charge is 2.15. The average molecular weight is 298 g/mol. The summed E-state index contributed by atoms with van der Waals surface area (Å²) in [6.45, 7) is -0.0737. The fraction of sp³-hybridized carbons (Fsp3) is 0.0833. The van der Waals surface area contributed by atoms with E-state index in [2.05, 4.69) is 0 Å². The van der Waals surface area contributed by atoms with Gasteiger partial charge in [0.25, 0.3) is 5.69 Å². The van der Waals surface area contributed by atoms with E-state index in [9.17, 15) is 14.9 Å². The maximum absolute atomic E-state index is 10.8. The van der Waals surface area contributed by atoms with Crippen molar-refractivity contribution in [2.75, 3.05) is 0 Å². The largest absolute Gasteiger partial charge is 0.487 e. The molecule has 7 nitrogen and oxygen atoms in total. The minimum Gasteiger partial charge on any atom is -0.487 e. The Balaban J connectivity index is 2.13. The van der Waals surface area contributed by atoms with Crippen molar-refractivity contribution in [3.05, 3.63) is 57.0 Å². The van der Waals surface area contributed by atoms with Gasteiger partial charge in [-0.25, -0.2) is 4.79 Å². The first-order chi connectivity index (χ1) is 9.49. The van der Waals surface area contributed by atoms with Crippen molar-refractivity contribution in [3.8, 4) is 5.75 Å². The van der Waals surface area contributed by atoms with E-state index in [1.807, 2.05) is 0 Å². The van der Waals surface area contributed by atoms with Gasteiger partial charge in [-0.05, 0) is 12.1 Å². The summed E-state index contributed by atoms with van der Waals surface area (Å²) in [5, 5.41) is 19.5. The van der Waals surface area contributed by atoms with Gasteiger partial charge < -0.3 is 14.3 Å². The van der Waals surface area contributed by atoms with Gasteiger partial charge in [-0.1, -0.05) is 11.6 Å². The normalized spacial score (nSPS) is 10.2. The van der Waals surface area contributed by atoms with Gasteiger partial charge in [-0.2, -0.15) is 0 Å². The average Bonchev–Trinajstić information content (AvgIpc) is 2.85. The maximum Gasteiger partial charge on any atom is 0.372 e. The number of hydrogen-bond acceptors (Lipinski definition) is 5. The molecule has 0 radical (unpaired) electrons. The number of halogens is 1. The second kappa shape index (κ2) is 5.62. The number of carboxylic acids is 1. The van der Waals surface area contributed by atoms with Crippen molar-refractivity contribution in [2.24, 2.45) is 0 Å². The third-order valence-corrected chi connectivity index (χ3v) is 2.75. The van der Waals surface area contributed by atoms with E-state index in [1.54, 1.807) is 0 Å². The van der Waals surface area contributed by atoms with Crippen LogP contribution in [0.2, 0.25) is 5.02 Å². The quantitative estimate of drug-likeness (QED) is 0.672. The van der Waals surface area contributed by atoms with E-state index in [4.69, 9.17) is 25.9 Å². The molecule has 0 aliphatic carbocycles. The SMILES string of the molecule is O=C(O)c1occc1COc1ccc([N+](=O)[O-])cc1Cl. The van der Waals surface area contributed by atoms with E-state index in [1.165, 1.54) is 24.5 Å². The number of nitro groups is 1. The molecule has 0 fully saturated rings. The first-order valence-corrected chi connectivity index (χ1v) is 5.73. The van der Waals surface area contributed by atoms with Crippen molar-refractivity contribution >= 4 is 23.3 Å². The Morgan fingerprint density at radius 2 is 2.20 bits per heavy atom. The Hall–Kier alpha value is -2.54. The number of furan rings is 1. The van der Waals surface area contributed by atoms with Crippen LogP contribution in [-0.2, 0) is 6.61 Å². The molecular formula is C12H8ClNO6. The van der Waals surface area contributed by atoms with Crippen LogP contribution in [0.3, 0.4) is 0 Å². The molecule has 8 heteroatoms. The van der Waals surface area contributed by atoms with E-state index in [0.717, 1.165) is 6.07 Å². The summed E-state index contributed by atoms with van der Waals surface area (Å²) >= 11 is 5.85. The van der Waals surface area contributed by atoms with Gasteiger partial charge in [0.05, 0.1) is 16.2 Å². The molecule has 0 saturated heterocycles. The van der Waals surface area contributed by atoms with Gasteiger partial charge in [-0.15, -0.1) is 0 Å². The van der Waals surface area contributed by atoms with E-state index < -0.39 is 10.9 Å². The molecule has 1 aromatic carbocycles. The number of nitro benzene ring substituents is 1. The molecule has 0 amide bonds. The molecule has 1 heterocycles. The highest BCUT2D eigenvalue weighted by Crippen LogP contribution is 2.29. The Morgan fingerprint density at radius 1 is 1.45 bits per heavy atom. The van der Waals surface area contributed by atoms with Crippen LogP contribution < -0.4 is 4.74 Å². The number of nitrogens with zero attached hydrogens (tertiary/aromatic N) is 1. The lowest BCUT2D eigenvalue weighted by molar-refractivity contribution is -0.384. The highest BCUT2D eigenvalue weighted by atomic mass is 35.5. The van der Waals surface area contributed by atoms with E-state index >= 15 is 0 Å². The number of ether oxygens (including phenoxy) is 1. The van der Waals surface area contributed by atoms with Gasteiger partial charge in [0, 0.05) is 17.7 Å². The van der Waals surface area contributed by atoms with E-state index in [-0.39, 0.29) is 28.8 Å². The van der Waals surface area contributed by atoms with Crippen LogP contribution in [0, 0.1) is 10.1 Å². The Labute approximate surface area is 117 Å². The van der Waals surface area contributed by atoms with Gasteiger partial charge in [-0.3, -0.25) is 10.1 Å². The van der Waals surface area contributed by atoms with Gasteiger partial charge in [0.2, 0.25) is 5.76 Å². The number of benzene rings is 1. The van der Waals surface area contributed by atoms with Crippen molar-refractivity contribution in [2.45, 2.75) is 6.61 Å². The molecular weight excluding hydrogens is 290 g/mol. The lowest BCUT2D eigenvalue weighted by Crippen LogP contribution is -2.02. The fourth-order valence-corrected chi connectivity index (χ4v) is 1.74. The molecule has 104 valence electrons. The molecule has 1 N–H and O–H groups in total. The number of carbonyl (C=O) groups is 1. The summed E-state index contributed by atoms with van der Waals surface area (Å²) < 4.78 is 10.1. The maximum atomic E-state index is 10.8. The Bertz CT molecular complexity index is 666. The zero-order valence-electron chi connectivity index (χ0n) is 9.91. The van der Waals surface area contributed by atoms with Gasteiger partial charge in [0.1, 0.15) is 12.4 Å². The van der Waals surface area contributed by atoms with Gasteiger partial charge in [0.15, 0.2) is 0 Å². The molecule has 0 spiro atoms. The molecule has 2 aromatic rings. The molecule has 0 atom stereocenters. The summed E-state index contributed by atoms with van der Waals surface area (Å²) in [7, 11) is 0. The van der Waals surface area contributed by atoms with Crippen molar-refractivity contribution < 1.29 is 24.0 Å². The minimum atomic E-state index is -1.21. The van der Waals surface area contributed by atoms with Crippen LogP contribution in [0.15, 0.2) is 34.9 Å². The van der Waals surface area contributed by atoms with Crippen LogP contribution >= 0.6 is 11.6 Å². The molecule has 20 heavy (non-hydrogen) atoms. The number of rotatable bonds is 5. The zero-order valence-corrected chi connectivity index (χ0v) is 10.7. The Kier molecular flexibility index (Phi) is 3.90. The third kappa shape index (κ3) is 2.89. The summed E-state index contributed by atoms with van der Waals surface area (Å²) in [5.41, 5.74) is 0.184. The van der Waals surface area contributed by atoms with Crippen LogP contribution in [0.4, 0.5) is 5.69 Å². The molecule has 0 bridgehead atoms. The topological polar surface area (TPSA) is 103 Å². The number of non-ortho nitro benzene ring substituents is 1. The first-order valence-electron chi connectivity index (χ1n) is 5.35. The van der Waals surface area contributed by atoms with Gasteiger partial charge >= 0.3 is 5.97 Å². The van der Waals surface area contributed by atoms with Crippen molar-refractivity contribution in [1.82, 2.24) is 0 Å². The Morgan fingerprint density at radius 3 is 2.80 bits per heavy atom.